The van der Waals surface area contributed by atoms with Crippen LogP contribution in [0.1, 0.15) is 11.1 Å². The van der Waals surface area contributed by atoms with Crippen LogP contribution in [0.25, 0.3) is 0 Å². The Kier molecular flexibility index (Phi) is 8.34. The molecule has 1 saturated heterocycles. The number of benzene rings is 3. The van der Waals surface area contributed by atoms with Gasteiger partial charge in [0.15, 0.2) is 18.1 Å². The molecular formula is C27H30ClN3O4. The van der Waals surface area contributed by atoms with Gasteiger partial charge in [-0.2, -0.15) is 0 Å². The summed E-state index contributed by atoms with van der Waals surface area (Å²) in [5.74, 6) is 0.658. The van der Waals surface area contributed by atoms with E-state index in [1.165, 1.54) is 5.69 Å². The highest BCUT2D eigenvalue weighted by molar-refractivity contribution is 6.31. The number of hydrogen-bond acceptors (Lipinski definition) is 6. The van der Waals surface area contributed by atoms with Crippen molar-refractivity contribution < 1.29 is 19.0 Å². The largest absolute Gasteiger partial charge is 0.493 e. The fourth-order valence-corrected chi connectivity index (χ4v) is 3.99. The summed E-state index contributed by atoms with van der Waals surface area (Å²) in [6.45, 7) is 5.68. The van der Waals surface area contributed by atoms with Gasteiger partial charge in [-0.3, -0.25) is 4.79 Å². The Labute approximate surface area is 210 Å². The summed E-state index contributed by atoms with van der Waals surface area (Å²) in [5.41, 5.74) is 4.88. The smallest absolute Gasteiger partial charge is 0.262 e. The highest BCUT2D eigenvalue weighted by Crippen LogP contribution is 2.34. The summed E-state index contributed by atoms with van der Waals surface area (Å²) in [5, 5.41) is 6.73. The topological polar surface area (TPSA) is 72.1 Å². The molecule has 0 aromatic heterocycles. The van der Waals surface area contributed by atoms with Crippen LogP contribution in [0.5, 0.6) is 11.5 Å². The monoisotopic (exact) mass is 495 g/mol. The molecule has 0 atom stereocenters. The number of ether oxygens (including phenoxy) is 3. The summed E-state index contributed by atoms with van der Waals surface area (Å²) < 4.78 is 16.6. The first kappa shape index (κ1) is 24.7. The molecule has 35 heavy (non-hydrogen) atoms. The van der Waals surface area contributed by atoms with Crippen molar-refractivity contribution in [1.29, 1.82) is 0 Å². The van der Waals surface area contributed by atoms with Crippen molar-refractivity contribution in [3.05, 3.63) is 76.8 Å². The van der Waals surface area contributed by atoms with Gasteiger partial charge in [-0.25, -0.2) is 0 Å². The summed E-state index contributed by atoms with van der Waals surface area (Å²) in [6, 6.07) is 19.4. The lowest BCUT2D eigenvalue weighted by Gasteiger charge is -2.29. The molecule has 2 N–H and O–H groups in total. The van der Waals surface area contributed by atoms with E-state index in [1.807, 2.05) is 37.3 Å². The zero-order chi connectivity index (χ0) is 24.6. The number of carbonyl (C=O) groups is 1. The molecular weight excluding hydrogens is 466 g/mol. The van der Waals surface area contributed by atoms with Gasteiger partial charge in [0.1, 0.15) is 0 Å². The minimum Gasteiger partial charge on any atom is -0.493 e. The number of nitrogens with zero attached hydrogens (tertiary/aromatic N) is 1. The highest BCUT2D eigenvalue weighted by Gasteiger charge is 2.14. The van der Waals surface area contributed by atoms with Crippen molar-refractivity contribution in [3.8, 4) is 11.5 Å². The van der Waals surface area contributed by atoms with Gasteiger partial charge in [0.05, 0.1) is 20.3 Å². The number of amides is 1. The Hall–Kier alpha value is -3.42. The first-order valence-corrected chi connectivity index (χ1v) is 11.9. The molecule has 3 aromatic rings. The Balaban J connectivity index is 1.33. The third-order valence-corrected chi connectivity index (χ3v) is 6.11. The zero-order valence-electron chi connectivity index (χ0n) is 20.0. The fourth-order valence-electron chi connectivity index (χ4n) is 3.77. The predicted molar refractivity (Wildman–Crippen MR) is 140 cm³/mol. The quantitative estimate of drug-likeness (QED) is 0.429. The van der Waals surface area contributed by atoms with Crippen LogP contribution in [0, 0.1) is 6.92 Å². The molecule has 0 aliphatic carbocycles. The highest BCUT2D eigenvalue weighted by atomic mass is 35.5. The van der Waals surface area contributed by atoms with E-state index in [0.29, 0.717) is 28.8 Å². The van der Waals surface area contributed by atoms with Crippen LogP contribution in [0.2, 0.25) is 5.02 Å². The van der Waals surface area contributed by atoms with Gasteiger partial charge in [0, 0.05) is 47.8 Å². The number of anilines is 3. The average molecular weight is 496 g/mol. The van der Waals surface area contributed by atoms with E-state index in [-0.39, 0.29) is 12.5 Å². The van der Waals surface area contributed by atoms with Crippen molar-refractivity contribution in [3.63, 3.8) is 0 Å². The van der Waals surface area contributed by atoms with E-state index < -0.39 is 0 Å². The third kappa shape index (κ3) is 6.81. The van der Waals surface area contributed by atoms with E-state index in [0.717, 1.165) is 43.1 Å². The second kappa shape index (κ2) is 11.8. The molecule has 0 bridgehead atoms. The number of rotatable bonds is 9. The summed E-state index contributed by atoms with van der Waals surface area (Å²) >= 11 is 6.52. The predicted octanol–water partition coefficient (Wildman–Crippen LogP) is 5.12. The third-order valence-electron chi connectivity index (χ3n) is 5.75. The van der Waals surface area contributed by atoms with Gasteiger partial charge in [-0.15, -0.1) is 0 Å². The Morgan fingerprint density at radius 1 is 1.00 bits per heavy atom. The molecule has 3 aromatic carbocycles. The Bertz CT molecular complexity index is 1130. The molecule has 1 aliphatic heterocycles. The van der Waals surface area contributed by atoms with Crippen LogP contribution in [-0.2, 0) is 16.1 Å². The van der Waals surface area contributed by atoms with Gasteiger partial charge in [-0.1, -0.05) is 29.3 Å². The molecule has 8 heteroatoms. The van der Waals surface area contributed by atoms with Crippen molar-refractivity contribution >= 4 is 34.6 Å². The molecule has 0 radical (unpaired) electrons. The molecule has 1 fully saturated rings. The second-order valence-corrected chi connectivity index (χ2v) is 8.70. The van der Waals surface area contributed by atoms with Crippen molar-refractivity contribution in [2.75, 3.05) is 55.6 Å². The van der Waals surface area contributed by atoms with E-state index in [2.05, 4.69) is 39.8 Å². The van der Waals surface area contributed by atoms with E-state index in [1.54, 1.807) is 13.2 Å². The van der Waals surface area contributed by atoms with Gasteiger partial charge < -0.3 is 29.7 Å². The molecule has 1 amide bonds. The first-order valence-electron chi connectivity index (χ1n) is 11.5. The minimum atomic E-state index is -0.265. The van der Waals surface area contributed by atoms with Crippen molar-refractivity contribution in [2.24, 2.45) is 0 Å². The van der Waals surface area contributed by atoms with Crippen LogP contribution in [0.4, 0.5) is 17.1 Å². The number of halogens is 1. The maximum atomic E-state index is 12.3. The number of carbonyl (C=O) groups excluding carboxylic acids is 1. The Morgan fingerprint density at radius 3 is 2.37 bits per heavy atom. The van der Waals surface area contributed by atoms with Crippen LogP contribution < -0.4 is 25.0 Å². The first-order chi connectivity index (χ1) is 17.0. The summed E-state index contributed by atoms with van der Waals surface area (Å²) in [4.78, 5) is 14.6. The SMILES string of the molecule is COc1cc(CNc2ccc(N3CCOCC3)cc2)c(Cl)cc1OCC(=O)Nc1ccc(C)cc1. The summed E-state index contributed by atoms with van der Waals surface area (Å²) in [7, 11) is 1.56. The zero-order valence-corrected chi connectivity index (χ0v) is 20.7. The lowest BCUT2D eigenvalue weighted by atomic mass is 10.2. The number of morpholine rings is 1. The fraction of sp³-hybridized carbons (Fsp3) is 0.296. The van der Waals surface area contributed by atoms with Crippen LogP contribution in [0.15, 0.2) is 60.7 Å². The molecule has 0 unspecified atom stereocenters. The molecule has 184 valence electrons. The number of hydrogen-bond donors (Lipinski definition) is 2. The van der Waals surface area contributed by atoms with Gasteiger partial charge in [-0.05, 0) is 55.0 Å². The van der Waals surface area contributed by atoms with Crippen LogP contribution >= 0.6 is 11.6 Å². The van der Waals surface area contributed by atoms with Gasteiger partial charge >= 0.3 is 0 Å². The van der Waals surface area contributed by atoms with E-state index >= 15 is 0 Å². The standard InChI is InChI=1S/C27H30ClN3O4/c1-19-3-5-22(6-4-19)30-27(32)18-35-26-16-24(28)20(15-25(26)33-2)17-29-21-7-9-23(10-8-21)31-11-13-34-14-12-31/h3-10,15-16,29H,11-14,17-18H2,1-2H3,(H,30,32). The molecule has 4 rings (SSSR count). The van der Waals surface area contributed by atoms with E-state index in [9.17, 15) is 4.79 Å². The lowest BCUT2D eigenvalue weighted by Crippen LogP contribution is -2.36. The average Bonchev–Trinajstić information content (AvgIpc) is 2.89. The van der Waals surface area contributed by atoms with Crippen molar-refractivity contribution in [2.45, 2.75) is 13.5 Å². The molecule has 1 heterocycles. The number of nitrogens with one attached hydrogen (secondary N) is 2. The normalized spacial score (nSPS) is 13.3. The number of aryl methyl sites for hydroxylation is 1. The van der Waals surface area contributed by atoms with Crippen LogP contribution in [-0.4, -0.2) is 45.9 Å². The van der Waals surface area contributed by atoms with Crippen molar-refractivity contribution in [1.82, 2.24) is 0 Å². The van der Waals surface area contributed by atoms with E-state index in [4.69, 9.17) is 25.8 Å². The second-order valence-electron chi connectivity index (χ2n) is 8.30. The molecule has 0 spiro atoms. The minimum absolute atomic E-state index is 0.159. The van der Waals surface area contributed by atoms with Crippen LogP contribution in [0.3, 0.4) is 0 Å². The molecule has 1 aliphatic rings. The van der Waals surface area contributed by atoms with Gasteiger partial charge in [0.2, 0.25) is 0 Å². The summed E-state index contributed by atoms with van der Waals surface area (Å²) in [6.07, 6.45) is 0. The molecule has 0 saturated carbocycles. The number of methoxy groups -OCH3 is 1. The Morgan fingerprint density at radius 2 is 1.69 bits per heavy atom. The maximum Gasteiger partial charge on any atom is 0.262 e. The maximum absolute atomic E-state index is 12.3. The molecule has 7 nitrogen and oxygen atoms in total. The lowest BCUT2D eigenvalue weighted by molar-refractivity contribution is -0.118. The van der Waals surface area contributed by atoms with Gasteiger partial charge in [0.25, 0.3) is 5.91 Å².